The molecule has 0 aliphatic heterocycles. The number of rotatable bonds is 6. The number of benzene rings is 1. The summed E-state index contributed by atoms with van der Waals surface area (Å²) in [7, 11) is 0. The molecular formula is C23H35FO. The second-order valence-electron chi connectivity index (χ2n) is 8.60. The maximum atomic E-state index is 13.6. The van der Waals surface area contributed by atoms with Crippen LogP contribution in [0.4, 0.5) is 4.39 Å². The highest BCUT2D eigenvalue weighted by molar-refractivity contribution is 5.30. The summed E-state index contributed by atoms with van der Waals surface area (Å²) in [5.41, 5.74) is 1.08. The summed E-state index contributed by atoms with van der Waals surface area (Å²) in [6.45, 7) is 2.29. The summed E-state index contributed by atoms with van der Waals surface area (Å²) in [4.78, 5) is 0. The Labute approximate surface area is 153 Å². The summed E-state index contributed by atoms with van der Waals surface area (Å²) >= 11 is 0. The van der Waals surface area contributed by atoms with Crippen LogP contribution in [0, 0.1) is 23.6 Å². The average Bonchev–Trinajstić information content (AvgIpc) is 2.65. The van der Waals surface area contributed by atoms with Gasteiger partial charge in [0.1, 0.15) is 0 Å². The normalized spacial score (nSPS) is 30.3. The van der Waals surface area contributed by atoms with Crippen molar-refractivity contribution in [3.8, 4) is 5.75 Å². The van der Waals surface area contributed by atoms with Crippen LogP contribution >= 0.6 is 0 Å². The zero-order chi connectivity index (χ0) is 17.6. The highest BCUT2D eigenvalue weighted by Gasteiger charge is 2.31. The van der Waals surface area contributed by atoms with Crippen LogP contribution in [0.15, 0.2) is 18.2 Å². The molecule has 0 spiro atoms. The van der Waals surface area contributed by atoms with E-state index < -0.39 is 5.82 Å². The predicted octanol–water partition coefficient (Wildman–Crippen LogP) is 7.19. The molecule has 2 saturated carbocycles. The first kappa shape index (κ1) is 18.7. The van der Waals surface area contributed by atoms with Crippen LogP contribution in [0.5, 0.6) is 5.75 Å². The van der Waals surface area contributed by atoms with Gasteiger partial charge in [-0.15, -0.1) is 0 Å². The molecule has 1 nitrogen and oxygen atoms in total. The highest BCUT2D eigenvalue weighted by atomic mass is 19.1. The molecule has 2 heteroatoms. The molecule has 25 heavy (non-hydrogen) atoms. The van der Waals surface area contributed by atoms with Gasteiger partial charge in [0.15, 0.2) is 11.6 Å². The van der Waals surface area contributed by atoms with Gasteiger partial charge in [0.2, 0.25) is 0 Å². The summed E-state index contributed by atoms with van der Waals surface area (Å²) in [5.74, 6) is 2.62. The van der Waals surface area contributed by atoms with Crippen molar-refractivity contribution in [2.75, 3.05) is 0 Å². The monoisotopic (exact) mass is 346 g/mol. The van der Waals surface area contributed by atoms with E-state index in [1.165, 1.54) is 83.1 Å². The second kappa shape index (κ2) is 9.05. The van der Waals surface area contributed by atoms with Gasteiger partial charge < -0.3 is 5.11 Å². The zero-order valence-corrected chi connectivity index (χ0v) is 15.9. The van der Waals surface area contributed by atoms with Crippen molar-refractivity contribution in [3.63, 3.8) is 0 Å². The fourth-order valence-corrected chi connectivity index (χ4v) is 5.33. The summed E-state index contributed by atoms with van der Waals surface area (Å²) in [6.07, 6.45) is 16.4. The Morgan fingerprint density at radius 3 is 2.16 bits per heavy atom. The quantitative estimate of drug-likeness (QED) is 0.540. The molecule has 0 heterocycles. The van der Waals surface area contributed by atoms with E-state index in [9.17, 15) is 9.50 Å². The molecule has 3 rings (SSSR count). The molecular weight excluding hydrogens is 311 g/mol. The molecule has 0 unspecified atom stereocenters. The molecule has 0 radical (unpaired) electrons. The summed E-state index contributed by atoms with van der Waals surface area (Å²) < 4.78 is 13.6. The van der Waals surface area contributed by atoms with E-state index in [2.05, 4.69) is 6.92 Å². The van der Waals surface area contributed by atoms with Crippen LogP contribution < -0.4 is 0 Å². The van der Waals surface area contributed by atoms with Gasteiger partial charge in [-0.1, -0.05) is 51.5 Å². The van der Waals surface area contributed by atoms with E-state index in [1.54, 1.807) is 6.07 Å². The maximum absolute atomic E-state index is 13.6. The number of hydrogen-bond donors (Lipinski definition) is 1. The van der Waals surface area contributed by atoms with Crippen LogP contribution in [0.1, 0.15) is 95.5 Å². The number of unbranched alkanes of at least 4 members (excludes halogenated alkanes) is 2. The second-order valence-corrected chi connectivity index (χ2v) is 8.60. The van der Waals surface area contributed by atoms with Crippen molar-refractivity contribution in [2.45, 2.75) is 89.9 Å². The summed E-state index contributed by atoms with van der Waals surface area (Å²) in [6, 6.07) is 4.96. The van der Waals surface area contributed by atoms with Gasteiger partial charge in [-0.2, -0.15) is 0 Å². The van der Waals surface area contributed by atoms with Crippen molar-refractivity contribution in [3.05, 3.63) is 29.6 Å². The number of halogens is 1. The molecule has 2 aliphatic rings. The molecule has 0 aromatic heterocycles. The van der Waals surface area contributed by atoms with Crippen LogP contribution in [0.2, 0.25) is 0 Å². The lowest BCUT2D eigenvalue weighted by atomic mass is 9.68. The van der Waals surface area contributed by atoms with Crippen molar-refractivity contribution in [1.29, 1.82) is 0 Å². The highest BCUT2D eigenvalue weighted by Crippen LogP contribution is 2.44. The van der Waals surface area contributed by atoms with E-state index in [4.69, 9.17) is 0 Å². The van der Waals surface area contributed by atoms with Gasteiger partial charge in [0, 0.05) is 0 Å². The minimum atomic E-state index is -0.471. The van der Waals surface area contributed by atoms with Crippen molar-refractivity contribution < 1.29 is 9.50 Å². The lowest BCUT2D eigenvalue weighted by Gasteiger charge is -2.38. The van der Waals surface area contributed by atoms with E-state index in [0.717, 1.165) is 23.3 Å². The van der Waals surface area contributed by atoms with E-state index in [1.807, 2.05) is 6.07 Å². The third-order valence-electron chi connectivity index (χ3n) is 6.99. The molecule has 1 aromatic carbocycles. The molecule has 2 fully saturated rings. The molecule has 0 atom stereocenters. The average molecular weight is 347 g/mol. The van der Waals surface area contributed by atoms with Crippen molar-refractivity contribution >= 4 is 0 Å². The van der Waals surface area contributed by atoms with Crippen molar-refractivity contribution in [2.24, 2.45) is 17.8 Å². The first-order chi connectivity index (χ1) is 12.2. The van der Waals surface area contributed by atoms with Crippen molar-refractivity contribution in [1.82, 2.24) is 0 Å². The van der Waals surface area contributed by atoms with E-state index >= 15 is 0 Å². The Morgan fingerprint density at radius 1 is 0.920 bits per heavy atom. The zero-order valence-electron chi connectivity index (χ0n) is 15.9. The lowest BCUT2D eigenvalue weighted by molar-refractivity contribution is 0.155. The number of aromatic hydroxyl groups is 1. The third-order valence-corrected chi connectivity index (χ3v) is 6.99. The topological polar surface area (TPSA) is 20.2 Å². The molecule has 0 saturated heterocycles. The maximum Gasteiger partial charge on any atom is 0.165 e. The van der Waals surface area contributed by atoms with Crippen LogP contribution in [-0.4, -0.2) is 5.11 Å². The van der Waals surface area contributed by atoms with Gasteiger partial charge in [-0.3, -0.25) is 0 Å². The fraction of sp³-hybridized carbons (Fsp3) is 0.739. The molecule has 0 bridgehead atoms. The van der Waals surface area contributed by atoms with Gasteiger partial charge >= 0.3 is 0 Å². The first-order valence-electron chi connectivity index (χ1n) is 10.7. The minimum Gasteiger partial charge on any atom is -0.505 e. The van der Waals surface area contributed by atoms with Crippen LogP contribution in [0.25, 0.3) is 0 Å². The number of phenols is 1. The minimum absolute atomic E-state index is 0.229. The van der Waals surface area contributed by atoms with Gasteiger partial charge in [-0.05, 0) is 79.9 Å². The Hall–Kier alpha value is -1.05. The van der Waals surface area contributed by atoms with Crippen LogP contribution in [-0.2, 0) is 0 Å². The lowest BCUT2D eigenvalue weighted by Crippen LogP contribution is -2.25. The standard InChI is InChI=1S/C23H35FO/c1-2-3-4-5-17-6-8-18(9-7-17)19-10-12-20(13-11-19)21-14-15-23(25)22(24)16-21/h14-20,25H,2-13H2,1H3. The van der Waals surface area contributed by atoms with Gasteiger partial charge in [0.25, 0.3) is 0 Å². The number of phenolic OH excluding ortho intramolecular Hbond substituents is 1. The SMILES string of the molecule is CCCCCC1CCC(C2CCC(c3ccc(O)c(F)c3)CC2)CC1. The Kier molecular flexibility index (Phi) is 6.78. The van der Waals surface area contributed by atoms with Crippen LogP contribution in [0.3, 0.4) is 0 Å². The molecule has 2 aliphatic carbocycles. The molecule has 1 aromatic rings. The molecule has 140 valence electrons. The Balaban J connectivity index is 1.43. The predicted molar refractivity (Wildman–Crippen MR) is 102 cm³/mol. The molecule has 0 amide bonds. The summed E-state index contributed by atoms with van der Waals surface area (Å²) in [5, 5.41) is 9.37. The van der Waals surface area contributed by atoms with Gasteiger partial charge in [0.05, 0.1) is 0 Å². The van der Waals surface area contributed by atoms with E-state index in [0.29, 0.717) is 5.92 Å². The smallest absolute Gasteiger partial charge is 0.165 e. The fourth-order valence-electron chi connectivity index (χ4n) is 5.33. The first-order valence-corrected chi connectivity index (χ1v) is 10.7. The third kappa shape index (κ3) is 4.99. The molecule has 1 N–H and O–H groups in total. The van der Waals surface area contributed by atoms with Gasteiger partial charge in [-0.25, -0.2) is 4.39 Å². The van der Waals surface area contributed by atoms with E-state index in [-0.39, 0.29) is 5.75 Å². The largest absolute Gasteiger partial charge is 0.505 e. The number of hydrogen-bond acceptors (Lipinski definition) is 1. The Morgan fingerprint density at radius 2 is 1.56 bits per heavy atom. The Bertz CT molecular complexity index is 525.